The molecule has 106 valence electrons. The number of phenols is 1. The normalized spacial score (nSPS) is 24.8. The quantitative estimate of drug-likeness (QED) is 0.762. The van der Waals surface area contributed by atoms with Crippen LogP contribution in [-0.2, 0) is 6.54 Å². The van der Waals surface area contributed by atoms with Gasteiger partial charge in [-0.15, -0.1) is 0 Å². The van der Waals surface area contributed by atoms with Crippen molar-refractivity contribution in [1.82, 2.24) is 5.32 Å². The maximum atomic E-state index is 10.1. The molecule has 3 N–H and O–H groups in total. The van der Waals surface area contributed by atoms with Crippen LogP contribution in [0.3, 0.4) is 0 Å². The maximum absolute atomic E-state index is 10.1. The predicted molar refractivity (Wildman–Crippen MR) is 74.3 cm³/mol. The molecule has 0 heterocycles. The molecule has 2 atom stereocenters. The van der Waals surface area contributed by atoms with Gasteiger partial charge in [0.1, 0.15) is 0 Å². The number of benzene rings is 1. The molecule has 0 aromatic heterocycles. The predicted octanol–water partition coefficient (Wildman–Crippen LogP) is 2.04. The van der Waals surface area contributed by atoms with Gasteiger partial charge in [0, 0.05) is 23.6 Å². The first-order valence-electron chi connectivity index (χ1n) is 6.82. The van der Waals surface area contributed by atoms with Crippen LogP contribution < -0.4 is 10.1 Å². The van der Waals surface area contributed by atoms with E-state index in [1.807, 2.05) is 19.1 Å². The summed E-state index contributed by atoms with van der Waals surface area (Å²) < 4.78 is 5.36. The van der Waals surface area contributed by atoms with Gasteiger partial charge >= 0.3 is 0 Å². The van der Waals surface area contributed by atoms with Gasteiger partial charge in [0.05, 0.1) is 12.7 Å². The van der Waals surface area contributed by atoms with Gasteiger partial charge in [0.2, 0.25) is 0 Å². The summed E-state index contributed by atoms with van der Waals surface area (Å²) in [5.74, 6) is 0.726. The molecule has 4 heteroatoms. The van der Waals surface area contributed by atoms with Crippen molar-refractivity contribution in [2.45, 2.75) is 45.9 Å². The van der Waals surface area contributed by atoms with Gasteiger partial charge in [-0.25, -0.2) is 0 Å². The van der Waals surface area contributed by atoms with Crippen LogP contribution in [0.4, 0.5) is 0 Å². The molecular weight excluding hydrogens is 242 g/mol. The van der Waals surface area contributed by atoms with Gasteiger partial charge in [0.25, 0.3) is 0 Å². The second-order valence-electron chi connectivity index (χ2n) is 5.70. The number of ether oxygens (including phenoxy) is 1. The van der Waals surface area contributed by atoms with Crippen molar-refractivity contribution in [2.24, 2.45) is 5.41 Å². The highest BCUT2D eigenvalue weighted by Crippen LogP contribution is 2.40. The summed E-state index contributed by atoms with van der Waals surface area (Å²) in [6.45, 7) is 7.10. The number of hydrogen-bond acceptors (Lipinski definition) is 4. The Morgan fingerprint density at radius 2 is 2.16 bits per heavy atom. The van der Waals surface area contributed by atoms with E-state index in [9.17, 15) is 10.2 Å². The zero-order valence-corrected chi connectivity index (χ0v) is 11.8. The average Bonchev–Trinajstić information content (AvgIpc) is 2.38. The minimum absolute atomic E-state index is 0.104. The highest BCUT2D eigenvalue weighted by atomic mass is 16.5. The van der Waals surface area contributed by atoms with Crippen LogP contribution >= 0.6 is 0 Å². The monoisotopic (exact) mass is 265 g/mol. The van der Waals surface area contributed by atoms with E-state index in [2.05, 4.69) is 19.2 Å². The number of para-hydroxylation sites is 1. The van der Waals surface area contributed by atoms with Gasteiger partial charge < -0.3 is 20.3 Å². The summed E-state index contributed by atoms with van der Waals surface area (Å²) >= 11 is 0. The van der Waals surface area contributed by atoms with Crippen molar-refractivity contribution in [2.75, 3.05) is 6.61 Å². The number of aromatic hydroxyl groups is 1. The van der Waals surface area contributed by atoms with Crippen molar-refractivity contribution in [3.05, 3.63) is 23.8 Å². The van der Waals surface area contributed by atoms with E-state index in [-0.39, 0.29) is 23.3 Å². The molecule has 1 aromatic carbocycles. The van der Waals surface area contributed by atoms with E-state index in [4.69, 9.17) is 4.74 Å². The van der Waals surface area contributed by atoms with Crippen molar-refractivity contribution in [3.8, 4) is 11.5 Å². The van der Waals surface area contributed by atoms with Crippen LogP contribution in [0.2, 0.25) is 0 Å². The third-order valence-electron chi connectivity index (χ3n) is 4.14. The first-order valence-corrected chi connectivity index (χ1v) is 6.82. The number of rotatable bonds is 5. The van der Waals surface area contributed by atoms with E-state index in [1.54, 1.807) is 6.07 Å². The van der Waals surface area contributed by atoms with Gasteiger partial charge in [-0.2, -0.15) is 0 Å². The SMILES string of the molecule is CCOc1cccc(CNC2CC(O)C2(C)C)c1O. The first-order chi connectivity index (χ1) is 8.96. The maximum Gasteiger partial charge on any atom is 0.162 e. The van der Waals surface area contributed by atoms with Crippen LogP contribution in [0.25, 0.3) is 0 Å². The second kappa shape index (κ2) is 5.39. The third-order valence-corrected chi connectivity index (χ3v) is 4.14. The molecule has 1 aliphatic carbocycles. The van der Waals surface area contributed by atoms with Crippen LogP contribution in [0.1, 0.15) is 32.8 Å². The molecule has 0 spiro atoms. The minimum atomic E-state index is -0.242. The summed E-state index contributed by atoms with van der Waals surface area (Å²) in [5, 5.41) is 23.2. The fraction of sp³-hybridized carbons (Fsp3) is 0.600. The van der Waals surface area contributed by atoms with Crippen LogP contribution in [-0.4, -0.2) is 29.0 Å². The smallest absolute Gasteiger partial charge is 0.162 e. The summed E-state index contributed by atoms with van der Waals surface area (Å²) in [5.41, 5.74) is 0.718. The third kappa shape index (κ3) is 2.69. The summed E-state index contributed by atoms with van der Waals surface area (Å²) in [6.07, 6.45) is 0.521. The lowest BCUT2D eigenvalue weighted by Crippen LogP contribution is -2.59. The lowest BCUT2D eigenvalue weighted by atomic mass is 9.64. The van der Waals surface area contributed by atoms with Gasteiger partial charge in [-0.05, 0) is 19.4 Å². The lowest BCUT2D eigenvalue weighted by Gasteiger charge is -2.49. The van der Waals surface area contributed by atoms with Crippen molar-refractivity contribution >= 4 is 0 Å². The molecule has 1 saturated carbocycles. The van der Waals surface area contributed by atoms with Crippen molar-refractivity contribution in [1.29, 1.82) is 0 Å². The molecule has 0 amide bonds. The lowest BCUT2D eigenvalue weighted by molar-refractivity contribution is -0.0730. The summed E-state index contributed by atoms with van der Waals surface area (Å²) in [4.78, 5) is 0. The number of hydrogen-bond donors (Lipinski definition) is 3. The fourth-order valence-electron chi connectivity index (χ4n) is 2.46. The second-order valence-corrected chi connectivity index (χ2v) is 5.70. The summed E-state index contributed by atoms with van der Waals surface area (Å²) in [6, 6.07) is 5.80. The highest BCUT2D eigenvalue weighted by molar-refractivity contribution is 5.45. The zero-order valence-electron chi connectivity index (χ0n) is 11.8. The molecule has 19 heavy (non-hydrogen) atoms. The molecule has 2 unspecified atom stereocenters. The Morgan fingerprint density at radius 3 is 2.74 bits per heavy atom. The van der Waals surface area contributed by atoms with E-state index < -0.39 is 0 Å². The zero-order chi connectivity index (χ0) is 14.0. The Kier molecular flexibility index (Phi) is 4.02. The largest absolute Gasteiger partial charge is 0.504 e. The van der Waals surface area contributed by atoms with Crippen LogP contribution in [0.5, 0.6) is 11.5 Å². The van der Waals surface area contributed by atoms with Gasteiger partial charge in [-0.3, -0.25) is 0 Å². The standard InChI is InChI=1S/C15H23NO3/c1-4-19-11-7-5-6-10(14(11)18)9-16-12-8-13(17)15(12,2)3/h5-7,12-13,16-18H,4,8-9H2,1-3H3. The Morgan fingerprint density at radius 1 is 1.42 bits per heavy atom. The Labute approximate surface area is 114 Å². The molecule has 0 bridgehead atoms. The number of phenolic OH excluding ortho intramolecular Hbond substituents is 1. The van der Waals surface area contributed by atoms with Gasteiger partial charge in [0.15, 0.2) is 11.5 Å². The molecule has 0 saturated heterocycles. The average molecular weight is 265 g/mol. The summed E-state index contributed by atoms with van der Waals surface area (Å²) in [7, 11) is 0. The Hall–Kier alpha value is -1.26. The van der Waals surface area contributed by atoms with Crippen molar-refractivity contribution < 1.29 is 14.9 Å². The number of aliphatic hydroxyl groups is 1. The molecule has 2 rings (SSSR count). The molecular formula is C15H23NO3. The minimum Gasteiger partial charge on any atom is -0.504 e. The van der Waals surface area contributed by atoms with E-state index in [0.717, 1.165) is 12.0 Å². The molecule has 1 aliphatic rings. The first kappa shape index (κ1) is 14.2. The van der Waals surface area contributed by atoms with Crippen molar-refractivity contribution in [3.63, 3.8) is 0 Å². The van der Waals surface area contributed by atoms with E-state index >= 15 is 0 Å². The molecule has 0 radical (unpaired) electrons. The van der Waals surface area contributed by atoms with Crippen LogP contribution in [0.15, 0.2) is 18.2 Å². The van der Waals surface area contributed by atoms with E-state index in [1.165, 1.54) is 0 Å². The van der Waals surface area contributed by atoms with Gasteiger partial charge in [-0.1, -0.05) is 26.0 Å². The Bertz CT molecular complexity index is 445. The molecule has 1 aromatic rings. The number of nitrogens with one attached hydrogen (secondary N) is 1. The number of aliphatic hydroxyl groups excluding tert-OH is 1. The Balaban J connectivity index is 1.99. The van der Waals surface area contributed by atoms with Crippen LogP contribution in [0, 0.1) is 5.41 Å². The topological polar surface area (TPSA) is 61.7 Å². The highest BCUT2D eigenvalue weighted by Gasteiger charge is 2.46. The molecule has 0 aliphatic heterocycles. The molecule has 1 fully saturated rings. The van der Waals surface area contributed by atoms with E-state index in [0.29, 0.717) is 18.9 Å². The molecule has 4 nitrogen and oxygen atoms in total. The fourth-order valence-corrected chi connectivity index (χ4v) is 2.46.